The summed E-state index contributed by atoms with van der Waals surface area (Å²) < 4.78 is 1.99. The van der Waals surface area contributed by atoms with E-state index in [0.29, 0.717) is 42.2 Å². The molecule has 3 heterocycles. The number of likely N-dealkylation sites (tertiary alicyclic amines) is 1. The van der Waals surface area contributed by atoms with Crippen LogP contribution < -0.4 is 21.3 Å². The van der Waals surface area contributed by atoms with E-state index in [2.05, 4.69) is 37.2 Å². The van der Waals surface area contributed by atoms with Crippen LogP contribution in [-0.4, -0.2) is 83.4 Å². The number of carboxylic acids is 1. The lowest BCUT2D eigenvalue weighted by atomic mass is 9.93. The van der Waals surface area contributed by atoms with Crippen LogP contribution in [0.15, 0.2) is 102 Å². The summed E-state index contributed by atoms with van der Waals surface area (Å²) in [5.74, 6) is -1.04. The highest BCUT2D eigenvalue weighted by Gasteiger charge is 2.44. The first-order valence-electron chi connectivity index (χ1n) is 21.0. The second-order valence-electron chi connectivity index (χ2n) is 16.1. The number of nitrogens with zero attached hydrogens (tertiary/aromatic N) is 1. The molecule has 4 aromatic carbocycles. The van der Waals surface area contributed by atoms with Crippen LogP contribution in [0.4, 0.5) is 0 Å². The molecular formula is C47H52BrN5O6S. The molecule has 11 nitrogen and oxygen atoms in total. The molecule has 5 aromatic rings. The Labute approximate surface area is 362 Å². The van der Waals surface area contributed by atoms with Crippen molar-refractivity contribution in [2.45, 2.75) is 81.8 Å². The largest absolute Gasteiger partial charge is 0.477 e. The number of hydrogen-bond acceptors (Lipinski definition) is 7. The molecule has 13 heteroatoms. The fourth-order valence-corrected chi connectivity index (χ4v) is 9.84. The van der Waals surface area contributed by atoms with Gasteiger partial charge in [-0.05, 0) is 116 Å². The monoisotopic (exact) mass is 893 g/mol. The maximum Gasteiger partial charge on any atom is 0.345 e. The van der Waals surface area contributed by atoms with Gasteiger partial charge in [-0.25, -0.2) is 4.79 Å². The van der Waals surface area contributed by atoms with Gasteiger partial charge in [0.25, 0.3) is 5.91 Å². The lowest BCUT2D eigenvalue weighted by Gasteiger charge is -2.34. The van der Waals surface area contributed by atoms with Crippen LogP contribution >= 0.6 is 27.3 Å². The highest BCUT2D eigenvalue weighted by atomic mass is 79.9. The van der Waals surface area contributed by atoms with Crippen LogP contribution in [0, 0.1) is 5.92 Å². The number of carbonyl (C=O) groups is 5. The summed E-state index contributed by atoms with van der Waals surface area (Å²) in [4.78, 5) is 67.0. The average Bonchev–Trinajstić information content (AvgIpc) is 4.07. The van der Waals surface area contributed by atoms with Crippen molar-refractivity contribution in [3.63, 3.8) is 0 Å². The molecule has 2 atom stereocenters. The predicted molar refractivity (Wildman–Crippen MR) is 239 cm³/mol. The number of benzene rings is 4. The summed E-state index contributed by atoms with van der Waals surface area (Å²) in [5.41, 5.74) is 0.354. The maximum atomic E-state index is 14.0. The van der Waals surface area contributed by atoms with Crippen molar-refractivity contribution in [3.05, 3.63) is 118 Å². The van der Waals surface area contributed by atoms with Crippen molar-refractivity contribution in [2.24, 2.45) is 5.92 Å². The van der Waals surface area contributed by atoms with Crippen LogP contribution in [-0.2, 0) is 20.8 Å². The molecule has 3 fully saturated rings. The van der Waals surface area contributed by atoms with E-state index in [-0.39, 0.29) is 29.7 Å². The van der Waals surface area contributed by atoms with Crippen molar-refractivity contribution < 1.29 is 29.1 Å². The second kappa shape index (κ2) is 20.0. The average molecular weight is 895 g/mol. The summed E-state index contributed by atoms with van der Waals surface area (Å²) in [5, 5.41) is 24.2. The van der Waals surface area contributed by atoms with Gasteiger partial charge in [0.15, 0.2) is 0 Å². The van der Waals surface area contributed by atoms with Crippen LogP contribution in [0.25, 0.3) is 20.9 Å². The zero-order valence-electron chi connectivity index (χ0n) is 33.6. The number of piperidine rings is 1. The summed E-state index contributed by atoms with van der Waals surface area (Å²) >= 11 is 4.80. The van der Waals surface area contributed by atoms with Gasteiger partial charge in [-0.15, -0.1) is 11.3 Å². The predicted octanol–water partition coefficient (Wildman–Crippen LogP) is 7.47. The Morgan fingerprint density at radius 2 is 1.55 bits per heavy atom. The molecule has 2 saturated heterocycles. The fourth-order valence-electron chi connectivity index (χ4n) is 8.56. The van der Waals surface area contributed by atoms with E-state index >= 15 is 0 Å². The van der Waals surface area contributed by atoms with Gasteiger partial charge in [0.2, 0.25) is 17.7 Å². The molecule has 1 aromatic heterocycles. The van der Waals surface area contributed by atoms with E-state index in [1.54, 1.807) is 12.1 Å². The number of hydrogen-bond donors (Lipinski definition) is 5. The van der Waals surface area contributed by atoms with Crippen molar-refractivity contribution in [2.75, 3.05) is 26.2 Å². The third-order valence-electron chi connectivity index (χ3n) is 12.0. The van der Waals surface area contributed by atoms with E-state index in [1.807, 2.05) is 89.8 Å². The summed E-state index contributed by atoms with van der Waals surface area (Å²) in [7, 11) is 0. The molecular weight excluding hydrogens is 843 g/mol. The number of fused-ring (bicyclic) bond motifs is 2. The van der Waals surface area contributed by atoms with Crippen molar-refractivity contribution >= 4 is 77.7 Å². The molecule has 1 aliphatic carbocycles. The number of carboxylic acid groups (broad SMARTS) is 1. The zero-order valence-corrected chi connectivity index (χ0v) is 36.0. The Hall–Kier alpha value is -5.11. The molecule has 8 rings (SSSR count). The van der Waals surface area contributed by atoms with Crippen LogP contribution in [0.1, 0.15) is 83.4 Å². The number of nitrogens with one attached hydrogen (secondary N) is 4. The molecule has 3 aliphatic rings. The molecule has 4 amide bonds. The molecule has 0 unspecified atom stereocenters. The Morgan fingerprint density at radius 1 is 0.833 bits per heavy atom. The van der Waals surface area contributed by atoms with Gasteiger partial charge in [0.1, 0.15) is 16.5 Å². The second-order valence-corrected chi connectivity index (χ2v) is 18.1. The molecule has 0 bridgehead atoms. The van der Waals surface area contributed by atoms with Crippen LogP contribution in [0.5, 0.6) is 0 Å². The minimum atomic E-state index is -1.08. The third-order valence-corrected chi connectivity index (χ3v) is 13.6. The fraction of sp³-hybridized carbons (Fsp3) is 0.383. The van der Waals surface area contributed by atoms with Gasteiger partial charge in [0, 0.05) is 40.8 Å². The van der Waals surface area contributed by atoms with E-state index in [1.165, 1.54) is 11.3 Å². The van der Waals surface area contributed by atoms with Crippen molar-refractivity contribution in [1.82, 2.24) is 26.2 Å². The molecule has 1 saturated carbocycles. The van der Waals surface area contributed by atoms with Gasteiger partial charge in [0.05, 0.1) is 6.04 Å². The molecule has 5 N–H and O–H groups in total. The quantitative estimate of drug-likeness (QED) is 0.0871. The first-order valence-corrected chi connectivity index (χ1v) is 22.6. The lowest BCUT2D eigenvalue weighted by molar-refractivity contribution is -0.134. The van der Waals surface area contributed by atoms with E-state index in [4.69, 9.17) is 5.11 Å². The standard InChI is InChI=1S/C38H46BrN5O4.C9H6O2S/c39-31-13-12-28-24-30(11-10-29(28)25-31)34(45)43-38(17-4-5-18-38)37(48)42-33(23-27-7-2-1-3-8-27)35(46)41-20-14-26-15-21-44(22-16-26)36(47)32-9-6-19-40-32;10-9(11)8-5-6-3-1-2-4-7(6)12-8/h1-3,7-8,10-13,24-26,32-33,40H,4-6,9,14-23H2,(H,41,46)(H,42,48)(H,43,45);1-5H,(H,10,11)/t32-,33-;/m1./s1. The summed E-state index contributed by atoms with van der Waals surface area (Å²) in [6, 6.07) is 29.6. The molecule has 2 aliphatic heterocycles. The number of halogens is 1. The SMILES string of the molecule is O=C(NC1(C(=O)N[C@H](Cc2ccccc2)C(=O)NCCC2CCN(C(=O)[C@H]3CCCN3)CC2)CCCC1)c1ccc2cc(Br)ccc2c1.O=C(O)c1cc2ccccc2s1. The minimum Gasteiger partial charge on any atom is -0.477 e. The summed E-state index contributed by atoms with van der Waals surface area (Å²) in [6.07, 6.45) is 7.66. The Kier molecular flexibility index (Phi) is 14.3. The normalized spacial score (nSPS) is 18.0. The van der Waals surface area contributed by atoms with Crippen LogP contribution in [0.2, 0.25) is 0 Å². The van der Waals surface area contributed by atoms with E-state index < -0.39 is 17.6 Å². The van der Waals surface area contributed by atoms with Crippen LogP contribution in [0.3, 0.4) is 0 Å². The molecule has 314 valence electrons. The first-order chi connectivity index (χ1) is 29.1. The van der Waals surface area contributed by atoms with Crippen molar-refractivity contribution in [3.8, 4) is 0 Å². The van der Waals surface area contributed by atoms with E-state index in [9.17, 15) is 24.0 Å². The number of rotatable bonds is 12. The van der Waals surface area contributed by atoms with Gasteiger partial charge in [-0.2, -0.15) is 0 Å². The lowest BCUT2D eigenvalue weighted by Crippen LogP contribution is -2.61. The molecule has 60 heavy (non-hydrogen) atoms. The number of amides is 4. The molecule has 0 radical (unpaired) electrons. The number of carbonyl (C=O) groups excluding carboxylic acids is 4. The number of aromatic carboxylic acids is 1. The Bertz CT molecular complexity index is 2280. The van der Waals surface area contributed by atoms with E-state index in [0.717, 1.165) is 95.5 Å². The maximum absolute atomic E-state index is 14.0. The zero-order chi connectivity index (χ0) is 42.1. The minimum absolute atomic E-state index is 0.0316. The Morgan fingerprint density at radius 3 is 2.27 bits per heavy atom. The topological polar surface area (TPSA) is 157 Å². The number of thiophene rings is 1. The smallest absolute Gasteiger partial charge is 0.345 e. The highest BCUT2D eigenvalue weighted by molar-refractivity contribution is 9.10. The van der Waals surface area contributed by atoms with Crippen molar-refractivity contribution in [1.29, 1.82) is 0 Å². The molecule has 0 spiro atoms. The van der Waals surface area contributed by atoms with Gasteiger partial charge >= 0.3 is 5.97 Å². The summed E-state index contributed by atoms with van der Waals surface area (Å²) in [6.45, 7) is 2.93. The van der Waals surface area contributed by atoms with Gasteiger partial charge < -0.3 is 31.3 Å². The van der Waals surface area contributed by atoms with Gasteiger partial charge in [-0.3, -0.25) is 19.2 Å². The van der Waals surface area contributed by atoms with Gasteiger partial charge in [-0.1, -0.05) is 89.4 Å². The Balaban J connectivity index is 0.000000387. The first kappa shape index (κ1) is 43.0. The third kappa shape index (κ3) is 10.8. The highest BCUT2D eigenvalue weighted by Crippen LogP contribution is 2.31.